The van der Waals surface area contributed by atoms with Gasteiger partial charge in [0.05, 0.1) is 13.2 Å². The minimum Gasteiger partial charge on any atom is -0.487 e. The van der Waals surface area contributed by atoms with Crippen molar-refractivity contribution >= 4 is 5.97 Å². The zero-order valence-corrected chi connectivity index (χ0v) is 16.8. The van der Waals surface area contributed by atoms with Crippen LogP contribution in [0.2, 0.25) is 0 Å². The van der Waals surface area contributed by atoms with Crippen LogP contribution in [0.5, 0.6) is 5.75 Å². The van der Waals surface area contributed by atoms with Gasteiger partial charge in [-0.2, -0.15) is 0 Å². The maximum atomic E-state index is 11.2. The van der Waals surface area contributed by atoms with Crippen molar-refractivity contribution in [3.63, 3.8) is 0 Å². The first kappa shape index (κ1) is 20.1. The molecule has 0 unspecified atom stereocenters. The zero-order chi connectivity index (χ0) is 21.1. The highest BCUT2D eigenvalue weighted by Gasteiger charge is 2.40. The third-order valence-electron chi connectivity index (χ3n) is 5.15. The lowest BCUT2D eigenvalue weighted by atomic mass is 9.99. The van der Waals surface area contributed by atoms with E-state index in [1.165, 1.54) is 6.92 Å². The second-order valence-electron chi connectivity index (χ2n) is 7.32. The van der Waals surface area contributed by atoms with Crippen LogP contribution in [-0.4, -0.2) is 35.1 Å². The van der Waals surface area contributed by atoms with E-state index in [1.807, 2.05) is 61.5 Å². The molecule has 2 heterocycles. The molecule has 2 aromatic carbocycles. The van der Waals surface area contributed by atoms with E-state index in [4.69, 9.17) is 23.7 Å². The number of ether oxygens (including phenoxy) is 3. The van der Waals surface area contributed by atoms with Gasteiger partial charge in [-0.1, -0.05) is 30.3 Å². The van der Waals surface area contributed by atoms with Crippen LogP contribution in [0.15, 0.2) is 59.0 Å². The van der Waals surface area contributed by atoms with Gasteiger partial charge >= 0.3 is 5.97 Å². The van der Waals surface area contributed by atoms with Crippen molar-refractivity contribution in [1.82, 2.24) is 4.98 Å². The van der Waals surface area contributed by atoms with Gasteiger partial charge in [0.15, 0.2) is 0 Å². The number of oxazole rings is 1. The fraction of sp³-hybridized carbons (Fsp3) is 0.304. The number of aliphatic carboxylic acids is 1. The number of carboxylic acid groups (broad SMARTS) is 1. The number of hydrogen-bond acceptors (Lipinski definition) is 6. The average molecular weight is 409 g/mol. The van der Waals surface area contributed by atoms with Gasteiger partial charge in [0.1, 0.15) is 23.8 Å². The first-order valence-electron chi connectivity index (χ1n) is 9.70. The van der Waals surface area contributed by atoms with Gasteiger partial charge in [0.2, 0.25) is 5.89 Å². The highest BCUT2D eigenvalue weighted by molar-refractivity contribution is 5.75. The molecule has 156 valence electrons. The Labute approximate surface area is 174 Å². The third kappa shape index (κ3) is 4.22. The Kier molecular flexibility index (Phi) is 5.57. The van der Waals surface area contributed by atoms with Gasteiger partial charge < -0.3 is 23.7 Å². The molecule has 0 bridgehead atoms. The number of benzene rings is 2. The Morgan fingerprint density at radius 3 is 2.43 bits per heavy atom. The molecule has 1 fully saturated rings. The Morgan fingerprint density at radius 2 is 1.80 bits per heavy atom. The molecule has 0 spiro atoms. The van der Waals surface area contributed by atoms with Crippen molar-refractivity contribution in [1.29, 1.82) is 0 Å². The molecule has 1 aliphatic heterocycles. The number of rotatable bonds is 6. The molecular weight excluding hydrogens is 386 g/mol. The number of carbonyl (C=O) groups is 1. The molecule has 1 aromatic heterocycles. The van der Waals surface area contributed by atoms with Gasteiger partial charge in [-0.15, -0.1) is 0 Å². The quantitative estimate of drug-likeness (QED) is 0.654. The summed E-state index contributed by atoms with van der Waals surface area (Å²) in [5, 5.41) is 9.15. The van der Waals surface area contributed by atoms with Crippen LogP contribution >= 0.6 is 0 Å². The Morgan fingerprint density at radius 1 is 1.13 bits per heavy atom. The topological polar surface area (TPSA) is 91.0 Å². The molecule has 0 amide bonds. The SMILES string of the molecule is Cc1oc(-c2ccccc2)nc1COc1ccc([C@H]2CO[C@@](C)(C(=O)O)OC2)cc1. The lowest BCUT2D eigenvalue weighted by Crippen LogP contribution is -2.47. The number of aryl methyl sites for hydroxylation is 1. The summed E-state index contributed by atoms with van der Waals surface area (Å²) in [5.74, 6) is -0.722. The van der Waals surface area contributed by atoms with E-state index in [-0.39, 0.29) is 19.1 Å². The standard InChI is InChI=1S/C23H23NO6/c1-15-20(24-21(30-15)17-6-4-3-5-7-17)14-27-19-10-8-16(9-11-19)18-12-28-23(2,22(25)26)29-13-18/h3-11,18H,12-14H2,1-2H3,(H,25,26)/t18-,23+. The molecule has 30 heavy (non-hydrogen) atoms. The molecular formula is C23H23NO6. The number of hydrogen-bond donors (Lipinski definition) is 1. The van der Waals surface area contributed by atoms with Crippen LogP contribution in [0.25, 0.3) is 11.5 Å². The van der Waals surface area contributed by atoms with Crippen molar-refractivity contribution < 1.29 is 28.5 Å². The molecule has 0 aliphatic carbocycles. The Hall–Kier alpha value is -3.16. The average Bonchev–Trinajstić information content (AvgIpc) is 3.14. The van der Waals surface area contributed by atoms with Crippen LogP contribution in [0, 0.1) is 6.92 Å². The minimum absolute atomic E-state index is 0.0299. The Bertz CT molecular complexity index is 1000. The number of aromatic nitrogens is 1. The van der Waals surface area contributed by atoms with E-state index in [1.54, 1.807) is 0 Å². The molecule has 0 saturated carbocycles. The van der Waals surface area contributed by atoms with Gasteiger partial charge in [-0.25, -0.2) is 9.78 Å². The molecule has 4 rings (SSSR count). The monoisotopic (exact) mass is 409 g/mol. The summed E-state index contributed by atoms with van der Waals surface area (Å²) in [5.41, 5.74) is 2.67. The summed E-state index contributed by atoms with van der Waals surface area (Å²) in [6, 6.07) is 17.3. The summed E-state index contributed by atoms with van der Waals surface area (Å²) in [6.45, 7) is 4.15. The van der Waals surface area contributed by atoms with E-state index in [0.29, 0.717) is 18.2 Å². The van der Waals surface area contributed by atoms with Crippen LogP contribution in [-0.2, 0) is 20.9 Å². The van der Waals surface area contributed by atoms with Crippen LogP contribution in [0.1, 0.15) is 29.9 Å². The molecule has 3 aromatic rings. The van der Waals surface area contributed by atoms with Gasteiger partial charge in [0, 0.05) is 18.4 Å². The highest BCUT2D eigenvalue weighted by Crippen LogP contribution is 2.29. The summed E-state index contributed by atoms with van der Waals surface area (Å²) >= 11 is 0. The summed E-state index contributed by atoms with van der Waals surface area (Å²) in [7, 11) is 0. The van der Waals surface area contributed by atoms with Crippen molar-refractivity contribution in [3.8, 4) is 17.2 Å². The number of nitrogens with zero attached hydrogens (tertiary/aromatic N) is 1. The van der Waals surface area contributed by atoms with Crippen molar-refractivity contribution in [2.45, 2.75) is 32.2 Å². The summed E-state index contributed by atoms with van der Waals surface area (Å²) in [4.78, 5) is 15.7. The molecule has 1 saturated heterocycles. The molecule has 1 aliphatic rings. The van der Waals surface area contributed by atoms with E-state index in [2.05, 4.69) is 4.98 Å². The van der Waals surface area contributed by atoms with Crippen LogP contribution < -0.4 is 4.74 Å². The molecule has 7 heteroatoms. The van der Waals surface area contributed by atoms with Gasteiger partial charge in [0.25, 0.3) is 5.79 Å². The fourth-order valence-corrected chi connectivity index (χ4v) is 3.18. The largest absolute Gasteiger partial charge is 0.487 e. The highest BCUT2D eigenvalue weighted by atomic mass is 16.7. The lowest BCUT2D eigenvalue weighted by molar-refractivity contribution is -0.262. The molecule has 0 radical (unpaired) electrons. The van der Waals surface area contributed by atoms with Crippen molar-refractivity contribution in [3.05, 3.63) is 71.6 Å². The third-order valence-corrected chi connectivity index (χ3v) is 5.15. The van der Waals surface area contributed by atoms with Crippen molar-refractivity contribution in [2.75, 3.05) is 13.2 Å². The van der Waals surface area contributed by atoms with Crippen molar-refractivity contribution in [2.24, 2.45) is 0 Å². The predicted octanol–water partition coefficient (Wildman–Crippen LogP) is 4.16. The zero-order valence-electron chi connectivity index (χ0n) is 16.8. The second-order valence-corrected chi connectivity index (χ2v) is 7.32. The lowest BCUT2D eigenvalue weighted by Gasteiger charge is -2.34. The Balaban J connectivity index is 1.36. The smallest absolute Gasteiger partial charge is 0.364 e. The van der Waals surface area contributed by atoms with Crippen LogP contribution in [0.4, 0.5) is 0 Å². The van der Waals surface area contributed by atoms with E-state index in [0.717, 1.165) is 22.6 Å². The van der Waals surface area contributed by atoms with E-state index >= 15 is 0 Å². The first-order chi connectivity index (χ1) is 14.4. The predicted molar refractivity (Wildman–Crippen MR) is 108 cm³/mol. The van der Waals surface area contributed by atoms with E-state index < -0.39 is 11.8 Å². The van der Waals surface area contributed by atoms with Gasteiger partial charge in [-0.3, -0.25) is 0 Å². The fourth-order valence-electron chi connectivity index (χ4n) is 3.18. The van der Waals surface area contributed by atoms with E-state index in [9.17, 15) is 4.79 Å². The normalized spacial score (nSPS) is 21.3. The number of carboxylic acids is 1. The van der Waals surface area contributed by atoms with Crippen LogP contribution in [0.3, 0.4) is 0 Å². The molecule has 0 atom stereocenters. The molecule has 1 N–H and O–H groups in total. The maximum Gasteiger partial charge on any atom is 0.364 e. The second kappa shape index (κ2) is 8.30. The first-order valence-corrected chi connectivity index (χ1v) is 9.70. The van der Waals surface area contributed by atoms with Gasteiger partial charge in [-0.05, 0) is 36.8 Å². The minimum atomic E-state index is -1.58. The maximum absolute atomic E-state index is 11.2. The summed E-state index contributed by atoms with van der Waals surface area (Å²) in [6.07, 6.45) is 0. The molecule has 7 nitrogen and oxygen atoms in total. The summed E-state index contributed by atoms with van der Waals surface area (Å²) < 4.78 is 22.4.